The van der Waals surface area contributed by atoms with Gasteiger partial charge >= 0.3 is 12.0 Å². The van der Waals surface area contributed by atoms with Gasteiger partial charge in [-0.2, -0.15) is 0 Å². The summed E-state index contributed by atoms with van der Waals surface area (Å²) in [5, 5.41) is 14.1. The molecule has 0 bridgehead atoms. The van der Waals surface area contributed by atoms with E-state index in [0.29, 0.717) is 12.8 Å². The Morgan fingerprint density at radius 2 is 2.10 bits per heavy atom. The maximum absolute atomic E-state index is 12.3. The van der Waals surface area contributed by atoms with Crippen LogP contribution in [-0.4, -0.2) is 34.6 Å². The van der Waals surface area contributed by atoms with Crippen LogP contribution >= 0.6 is 11.3 Å². The number of rotatable bonds is 4. The van der Waals surface area contributed by atoms with E-state index >= 15 is 0 Å². The Labute approximate surface area is 122 Å². The molecule has 6 heteroatoms. The normalized spacial score (nSPS) is 18.5. The van der Waals surface area contributed by atoms with E-state index in [9.17, 15) is 14.7 Å². The highest BCUT2D eigenvalue weighted by molar-refractivity contribution is 7.10. The lowest BCUT2D eigenvalue weighted by Gasteiger charge is -2.31. The minimum absolute atomic E-state index is 0.0674. The highest BCUT2D eigenvalue weighted by Crippen LogP contribution is 2.31. The molecule has 110 valence electrons. The first-order valence-electron chi connectivity index (χ1n) is 6.78. The van der Waals surface area contributed by atoms with Crippen LogP contribution in [0, 0.1) is 0 Å². The van der Waals surface area contributed by atoms with E-state index in [0.717, 1.165) is 17.7 Å². The van der Waals surface area contributed by atoms with E-state index in [4.69, 9.17) is 0 Å². The summed E-state index contributed by atoms with van der Waals surface area (Å²) in [5.41, 5.74) is -1.08. The molecule has 20 heavy (non-hydrogen) atoms. The number of aliphatic carboxylic acids is 1. The summed E-state index contributed by atoms with van der Waals surface area (Å²) in [6.45, 7) is 1.94. The standard InChI is InChI=1S/C14H20N2O3S/c1-10(11-6-5-9-20-11)16(2)13(19)15-14(12(17)18)7-3-4-8-14/h5-6,9-10H,3-4,7-8H2,1-2H3,(H,15,19)(H,17,18). The van der Waals surface area contributed by atoms with E-state index in [1.165, 1.54) is 0 Å². The molecule has 1 saturated carbocycles. The third-order valence-electron chi connectivity index (χ3n) is 4.07. The molecule has 0 radical (unpaired) electrons. The Hall–Kier alpha value is -1.56. The number of thiophene rings is 1. The van der Waals surface area contributed by atoms with Gasteiger partial charge in [-0.3, -0.25) is 0 Å². The number of urea groups is 1. The molecule has 5 nitrogen and oxygen atoms in total. The molecular formula is C14H20N2O3S. The lowest BCUT2D eigenvalue weighted by atomic mass is 9.98. The molecule has 0 aromatic carbocycles. The van der Waals surface area contributed by atoms with Crippen LogP contribution in [0.3, 0.4) is 0 Å². The molecule has 2 rings (SSSR count). The zero-order valence-corrected chi connectivity index (χ0v) is 12.6. The Bertz CT molecular complexity index is 481. The van der Waals surface area contributed by atoms with Crippen LogP contribution in [-0.2, 0) is 4.79 Å². The predicted octanol–water partition coefficient (Wildman–Crippen LogP) is 2.85. The minimum Gasteiger partial charge on any atom is -0.480 e. The third-order valence-corrected chi connectivity index (χ3v) is 5.11. The van der Waals surface area contributed by atoms with E-state index in [2.05, 4.69) is 5.32 Å². The second-order valence-corrected chi connectivity index (χ2v) is 6.31. The highest BCUT2D eigenvalue weighted by Gasteiger charge is 2.43. The summed E-state index contributed by atoms with van der Waals surface area (Å²) >= 11 is 1.59. The van der Waals surface area contributed by atoms with Crippen molar-refractivity contribution in [1.29, 1.82) is 0 Å². The summed E-state index contributed by atoms with van der Waals surface area (Å²) in [6.07, 6.45) is 2.71. The first-order chi connectivity index (χ1) is 9.46. The number of nitrogens with one attached hydrogen (secondary N) is 1. The number of hydrogen-bond donors (Lipinski definition) is 2. The van der Waals surface area contributed by atoms with Crippen molar-refractivity contribution >= 4 is 23.3 Å². The van der Waals surface area contributed by atoms with Gasteiger partial charge in [-0.15, -0.1) is 11.3 Å². The summed E-state index contributed by atoms with van der Waals surface area (Å²) in [5.74, 6) is -0.930. The zero-order chi connectivity index (χ0) is 14.8. The molecule has 1 atom stereocenters. The van der Waals surface area contributed by atoms with Gasteiger partial charge in [0.2, 0.25) is 0 Å². The minimum atomic E-state index is -1.08. The molecule has 1 aliphatic rings. The first kappa shape index (κ1) is 14.8. The highest BCUT2D eigenvalue weighted by atomic mass is 32.1. The number of nitrogens with zero attached hydrogens (tertiary/aromatic N) is 1. The largest absolute Gasteiger partial charge is 0.480 e. The average Bonchev–Trinajstić information content (AvgIpc) is 3.08. The number of carbonyl (C=O) groups is 2. The maximum atomic E-state index is 12.3. The van der Waals surface area contributed by atoms with E-state index in [-0.39, 0.29) is 12.1 Å². The number of carbonyl (C=O) groups excluding carboxylic acids is 1. The van der Waals surface area contributed by atoms with Crippen LogP contribution < -0.4 is 5.32 Å². The van der Waals surface area contributed by atoms with Crippen molar-refractivity contribution in [2.75, 3.05) is 7.05 Å². The quantitative estimate of drug-likeness (QED) is 0.897. The fourth-order valence-electron chi connectivity index (χ4n) is 2.56. The fourth-order valence-corrected chi connectivity index (χ4v) is 3.39. The predicted molar refractivity (Wildman–Crippen MR) is 77.9 cm³/mol. The molecule has 1 aromatic heterocycles. The lowest BCUT2D eigenvalue weighted by molar-refractivity contribution is -0.144. The number of carboxylic acids is 1. The molecule has 2 N–H and O–H groups in total. The van der Waals surface area contributed by atoms with Crippen LogP contribution in [0.25, 0.3) is 0 Å². The van der Waals surface area contributed by atoms with Gasteiger partial charge in [0.15, 0.2) is 0 Å². The summed E-state index contributed by atoms with van der Waals surface area (Å²) in [4.78, 5) is 26.4. The van der Waals surface area contributed by atoms with Gasteiger partial charge in [-0.05, 0) is 31.2 Å². The van der Waals surface area contributed by atoms with Crippen molar-refractivity contribution in [3.05, 3.63) is 22.4 Å². The number of carboxylic acid groups (broad SMARTS) is 1. The Kier molecular flexibility index (Phi) is 4.32. The van der Waals surface area contributed by atoms with Gasteiger partial charge in [0.25, 0.3) is 0 Å². The average molecular weight is 296 g/mol. The van der Waals surface area contributed by atoms with Crippen molar-refractivity contribution < 1.29 is 14.7 Å². The molecular weight excluding hydrogens is 276 g/mol. The second-order valence-electron chi connectivity index (χ2n) is 5.33. The third kappa shape index (κ3) is 2.80. The van der Waals surface area contributed by atoms with Gasteiger partial charge in [0.05, 0.1) is 6.04 Å². The second kappa shape index (κ2) is 5.83. The van der Waals surface area contributed by atoms with E-state index in [1.54, 1.807) is 23.3 Å². The van der Waals surface area contributed by atoms with Crippen LogP contribution in [0.4, 0.5) is 4.79 Å². The SMILES string of the molecule is CC(c1cccs1)N(C)C(=O)NC1(C(=O)O)CCCC1. The Balaban J connectivity index is 2.05. The molecule has 1 aromatic rings. The van der Waals surface area contributed by atoms with Gasteiger partial charge in [-0.1, -0.05) is 18.9 Å². The Morgan fingerprint density at radius 3 is 2.60 bits per heavy atom. The van der Waals surface area contributed by atoms with E-state index < -0.39 is 11.5 Å². The molecule has 2 amide bonds. The van der Waals surface area contributed by atoms with Gasteiger partial charge in [0.1, 0.15) is 5.54 Å². The fraction of sp³-hybridized carbons (Fsp3) is 0.571. The van der Waals surface area contributed by atoms with Gasteiger partial charge < -0.3 is 15.3 Å². The molecule has 1 heterocycles. The topological polar surface area (TPSA) is 69.6 Å². The van der Waals surface area contributed by atoms with Crippen molar-refractivity contribution in [1.82, 2.24) is 10.2 Å². The van der Waals surface area contributed by atoms with Crippen LogP contribution in [0.5, 0.6) is 0 Å². The van der Waals surface area contributed by atoms with E-state index in [1.807, 2.05) is 24.4 Å². The zero-order valence-electron chi connectivity index (χ0n) is 11.8. The molecule has 0 spiro atoms. The summed E-state index contributed by atoms with van der Waals surface area (Å²) in [6, 6.07) is 3.53. The van der Waals surface area contributed by atoms with Crippen molar-refractivity contribution in [2.45, 2.75) is 44.2 Å². The monoisotopic (exact) mass is 296 g/mol. The summed E-state index contributed by atoms with van der Waals surface area (Å²) in [7, 11) is 1.70. The van der Waals surface area contributed by atoms with Crippen LogP contribution in [0.15, 0.2) is 17.5 Å². The molecule has 0 saturated heterocycles. The van der Waals surface area contributed by atoms with Crippen molar-refractivity contribution in [2.24, 2.45) is 0 Å². The Morgan fingerprint density at radius 1 is 1.45 bits per heavy atom. The summed E-state index contributed by atoms with van der Waals surface area (Å²) < 4.78 is 0. The lowest BCUT2D eigenvalue weighted by Crippen LogP contribution is -2.56. The molecule has 0 aliphatic heterocycles. The maximum Gasteiger partial charge on any atom is 0.329 e. The number of hydrogen-bond acceptors (Lipinski definition) is 3. The van der Waals surface area contributed by atoms with Crippen LogP contribution in [0.2, 0.25) is 0 Å². The van der Waals surface area contributed by atoms with Crippen LogP contribution in [0.1, 0.15) is 43.5 Å². The van der Waals surface area contributed by atoms with Crippen molar-refractivity contribution in [3.8, 4) is 0 Å². The molecule has 1 fully saturated rings. The van der Waals surface area contributed by atoms with Gasteiger partial charge in [-0.25, -0.2) is 9.59 Å². The first-order valence-corrected chi connectivity index (χ1v) is 7.66. The molecule has 1 unspecified atom stereocenters. The van der Waals surface area contributed by atoms with Gasteiger partial charge in [0, 0.05) is 11.9 Å². The molecule has 1 aliphatic carbocycles. The van der Waals surface area contributed by atoms with Crippen molar-refractivity contribution in [3.63, 3.8) is 0 Å². The number of amides is 2. The smallest absolute Gasteiger partial charge is 0.329 e.